The molecule has 0 amide bonds. The number of rotatable bonds is 5. The second-order valence-corrected chi connectivity index (χ2v) is 3.63. The fourth-order valence-electron chi connectivity index (χ4n) is 1.70. The van der Waals surface area contributed by atoms with Crippen molar-refractivity contribution in [2.75, 3.05) is 18.0 Å². The topological polar surface area (TPSA) is 40.5 Å². The SMILES string of the molecule is C=CCN(CC)c1ccc(C(=O)O)cc1C. The minimum absolute atomic E-state index is 0.330. The highest BCUT2D eigenvalue weighted by atomic mass is 16.4. The molecule has 0 atom stereocenters. The van der Waals surface area contributed by atoms with Gasteiger partial charge in [-0.1, -0.05) is 6.08 Å². The first-order valence-electron chi connectivity index (χ1n) is 5.30. The Morgan fingerprint density at radius 1 is 1.56 bits per heavy atom. The largest absolute Gasteiger partial charge is 0.478 e. The van der Waals surface area contributed by atoms with Gasteiger partial charge in [-0.2, -0.15) is 0 Å². The fourth-order valence-corrected chi connectivity index (χ4v) is 1.70. The Kier molecular flexibility index (Phi) is 4.11. The molecule has 0 unspecified atom stereocenters. The molecule has 3 nitrogen and oxygen atoms in total. The predicted octanol–water partition coefficient (Wildman–Crippen LogP) is 2.71. The highest BCUT2D eigenvalue weighted by Crippen LogP contribution is 2.21. The quantitative estimate of drug-likeness (QED) is 0.774. The zero-order valence-electron chi connectivity index (χ0n) is 9.73. The zero-order valence-corrected chi connectivity index (χ0v) is 9.73. The lowest BCUT2D eigenvalue weighted by atomic mass is 10.1. The first kappa shape index (κ1) is 12.3. The van der Waals surface area contributed by atoms with Gasteiger partial charge in [-0.25, -0.2) is 4.79 Å². The number of nitrogens with zero attached hydrogens (tertiary/aromatic N) is 1. The standard InChI is InChI=1S/C13H17NO2/c1-4-8-14(5-2)12-7-6-11(13(15)16)9-10(12)3/h4,6-7,9H,1,5,8H2,2-3H3,(H,15,16). The monoisotopic (exact) mass is 219 g/mol. The summed E-state index contributed by atoms with van der Waals surface area (Å²) >= 11 is 0. The summed E-state index contributed by atoms with van der Waals surface area (Å²) in [6.07, 6.45) is 1.84. The summed E-state index contributed by atoms with van der Waals surface area (Å²) in [5.41, 5.74) is 2.37. The molecular weight excluding hydrogens is 202 g/mol. The van der Waals surface area contributed by atoms with Crippen LogP contribution in [0.1, 0.15) is 22.8 Å². The number of aryl methyl sites for hydroxylation is 1. The van der Waals surface area contributed by atoms with Crippen LogP contribution in [0.4, 0.5) is 5.69 Å². The molecule has 0 aliphatic carbocycles. The molecule has 0 saturated heterocycles. The third kappa shape index (κ3) is 2.63. The van der Waals surface area contributed by atoms with Crippen molar-refractivity contribution < 1.29 is 9.90 Å². The van der Waals surface area contributed by atoms with Crippen molar-refractivity contribution in [1.29, 1.82) is 0 Å². The van der Waals surface area contributed by atoms with E-state index >= 15 is 0 Å². The minimum atomic E-state index is -0.888. The first-order valence-corrected chi connectivity index (χ1v) is 5.30. The number of benzene rings is 1. The van der Waals surface area contributed by atoms with E-state index in [9.17, 15) is 4.79 Å². The van der Waals surface area contributed by atoms with E-state index in [2.05, 4.69) is 18.4 Å². The Balaban J connectivity index is 3.05. The van der Waals surface area contributed by atoms with E-state index in [1.807, 2.05) is 19.1 Å². The van der Waals surface area contributed by atoms with Gasteiger partial charge in [0.05, 0.1) is 5.56 Å². The van der Waals surface area contributed by atoms with Crippen LogP contribution in [0.25, 0.3) is 0 Å². The van der Waals surface area contributed by atoms with Crippen LogP contribution in [-0.2, 0) is 0 Å². The maximum Gasteiger partial charge on any atom is 0.335 e. The van der Waals surface area contributed by atoms with Gasteiger partial charge in [-0.3, -0.25) is 0 Å². The molecule has 1 aromatic rings. The van der Waals surface area contributed by atoms with Gasteiger partial charge < -0.3 is 10.0 Å². The third-order valence-corrected chi connectivity index (χ3v) is 2.52. The Morgan fingerprint density at radius 3 is 2.69 bits per heavy atom. The average molecular weight is 219 g/mol. The van der Waals surface area contributed by atoms with Crippen LogP contribution in [0.3, 0.4) is 0 Å². The number of hydrogen-bond acceptors (Lipinski definition) is 2. The van der Waals surface area contributed by atoms with E-state index in [0.717, 1.165) is 24.3 Å². The van der Waals surface area contributed by atoms with Crippen LogP contribution in [0.15, 0.2) is 30.9 Å². The number of anilines is 1. The molecule has 0 saturated carbocycles. The second-order valence-electron chi connectivity index (χ2n) is 3.63. The molecule has 1 rings (SSSR count). The van der Waals surface area contributed by atoms with Gasteiger partial charge in [0, 0.05) is 18.8 Å². The molecule has 86 valence electrons. The smallest absolute Gasteiger partial charge is 0.335 e. The molecule has 16 heavy (non-hydrogen) atoms. The van der Waals surface area contributed by atoms with Gasteiger partial charge in [0.15, 0.2) is 0 Å². The average Bonchev–Trinajstić information content (AvgIpc) is 2.26. The van der Waals surface area contributed by atoms with E-state index in [1.165, 1.54) is 0 Å². The van der Waals surface area contributed by atoms with Crippen molar-refractivity contribution in [2.45, 2.75) is 13.8 Å². The van der Waals surface area contributed by atoms with Crippen LogP contribution < -0.4 is 4.90 Å². The fraction of sp³-hybridized carbons (Fsp3) is 0.308. The molecule has 0 heterocycles. The molecule has 0 radical (unpaired) electrons. The van der Waals surface area contributed by atoms with Crippen LogP contribution in [0.2, 0.25) is 0 Å². The van der Waals surface area contributed by atoms with Gasteiger partial charge in [-0.15, -0.1) is 6.58 Å². The Bertz CT molecular complexity index is 399. The van der Waals surface area contributed by atoms with E-state index in [4.69, 9.17) is 5.11 Å². The summed E-state index contributed by atoms with van der Waals surface area (Å²) < 4.78 is 0. The second kappa shape index (κ2) is 5.35. The molecule has 0 aliphatic heterocycles. The predicted molar refractivity (Wildman–Crippen MR) is 66.2 cm³/mol. The summed E-state index contributed by atoms with van der Waals surface area (Å²) in [7, 11) is 0. The third-order valence-electron chi connectivity index (χ3n) is 2.52. The maximum atomic E-state index is 10.8. The molecular formula is C13H17NO2. The van der Waals surface area contributed by atoms with Crippen LogP contribution >= 0.6 is 0 Å². The molecule has 0 aliphatic rings. The van der Waals surface area contributed by atoms with Crippen molar-refractivity contribution in [1.82, 2.24) is 0 Å². The van der Waals surface area contributed by atoms with E-state index in [1.54, 1.807) is 12.1 Å². The van der Waals surface area contributed by atoms with Crippen molar-refractivity contribution in [3.05, 3.63) is 42.0 Å². The number of carboxylic acid groups (broad SMARTS) is 1. The summed E-state index contributed by atoms with van der Waals surface area (Å²) in [4.78, 5) is 12.9. The Labute approximate surface area is 96.0 Å². The zero-order chi connectivity index (χ0) is 12.1. The number of likely N-dealkylation sites (N-methyl/N-ethyl adjacent to an activating group) is 1. The number of aromatic carboxylic acids is 1. The normalized spacial score (nSPS) is 9.88. The number of hydrogen-bond donors (Lipinski definition) is 1. The molecule has 3 heteroatoms. The highest BCUT2D eigenvalue weighted by Gasteiger charge is 2.09. The first-order chi connectivity index (χ1) is 7.60. The Morgan fingerprint density at radius 2 is 2.25 bits per heavy atom. The number of carbonyl (C=O) groups is 1. The van der Waals surface area contributed by atoms with Crippen molar-refractivity contribution in [3.63, 3.8) is 0 Å². The van der Waals surface area contributed by atoms with E-state index in [-0.39, 0.29) is 0 Å². The summed E-state index contributed by atoms with van der Waals surface area (Å²) in [6.45, 7) is 9.34. The summed E-state index contributed by atoms with van der Waals surface area (Å²) in [5.74, 6) is -0.888. The maximum absolute atomic E-state index is 10.8. The van der Waals surface area contributed by atoms with Gasteiger partial charge >= 0.3 is 5.97 Å². The number of carboxylic acids is 1. The van der Waals surface area contributed by atoms with Crippen molar-refractivity contribution >= 4 is 11.7 Å². The lowest BCUT2D eigenvalue weighted by molar-refractivity contribution is 0.0697. The van der Waals surface area contributed by atoms with Crippen molar-refractivity contribution in [2.24, 2.45) is 0 Å². The molecule has 1 aromatic carbocycles. The molecule has 0 fully saturated rings. The highest BCUT2D eigenvalue weighted by molar-refractivity contribution is 5.88. The van der Waals surface area contributed by atoms with Crippen LogP contribution in [0, 0.1) is 6.92 Å². The van der Waals surface area contributed by atoms with Crippen LogP contribution in [-0.4, -0.2) is 24.2 Å². The van der Waals surface area contributed by atoms with Gasteiger partial charge in [0.25, 0.3) is 0 Å². The van der Waals surface area contributed by atoms with Gasteiger partial charge in [0.2, 0.25) is 0 Å². The molecule has 0 aromatic heterocycles. The molecule has 0 spiro atoms. The van der Waals surface area contributed by atoms with Gasteiger partial charge in [-0.05, 0) is 37.6 Å². The summed E-state index contributed by atoms with van der Waals surface area (Å²) in [5, 5.41) is 8.87. The summed E-state index contributed by atoms with van der Waals surface area (Å²) in [6, 6.07) is 5.19. The molecule has 1 N–H and O–H groups in total. The lowest BCUT2D eigenvalue weighted by Crippen LogP contribution is -2.23. The Hall–Kier alpha value is -1.77. The lowest BCUT2D eigenvalue weighted by Gasteiger charge is -2.23. The van der Waals surface area contributed by atoms with E-state index in [0.29, 0.717) is 5.56 Å². The van der Waals surface area contributed by atoms with Crippen molar-refractivity contribution in [3.8, 4) is 0 Å². The van der Waals surface area contributed by atoms with E-state index < -0.39 is 5.97 Å². The van der Waals surface area contributed by atoms with Gasteiger partial charge in [0.1, 0.15) is 0 Å². The minimum Gasteiger partial charge on any atom is -0.478 e. The van der Waals surface area contributed by atoms with Crippen LogP contribution in [0.5, 0.6) is 0 Å². The molecule has 0 bridgehead atoms.